The van der Waals surface area contributed by atoms with Crippen LogP contribution in [0.1, 0.15) is 12.5 Å². The van der Waals surface area contributed by atoms with Gasteiger partial charge in [0.1, 0.15) is 4.90 Å². The number of carbonyl (C=O) groups is 1. The largest absolute Gasteiger partial charge is 0.353 e. The first-order valence-electron chi connectivity index (χ1n) is 6.94. The minimum atomic E-state index is -3.66. The SMILES string of the molecule is CNC(C)CNC(=O)CN(C)C1=NS(=O)(=O)c2ccccc21.Cl. The van der Waals surface area contributed by atoms with E-state index in [0.29, 0.717) is 17.9 Å². The molecule has 23 heavy (non-hydrogen) atoms. The van der Waals surface area contributed by atoms with Crippen molar-refractivity contribution in [1.82, 2.24) is 15.5 Å². The molecule has 1 heterocycles. The molecule has 1 unspecified atom stereocenters. The molecule has 0 radical (unpaired) electrons. The minimum Gasteiger partial charge on any atom is -0.353 e. The van der Waals surface area contributed by atoms with Crippen molar-refractivity contribution in [3.05, 3.63) is 29.8 Å². The standard InChI is InChI=1S/C14H20N4O3S.ClH/c1-10(15-2)8-16-13(19)9-18(3)14-11-6-4-5-7-12(11)22(20,21)17-14;/h4-7,10,15H,8-9H2,1-3H3,(H,16,19);1H. The first kappa shape index (κ1) is 19.4. The lowest BCUT2D eigenvalue weighted by molar-refractivity contribution is -0.121. The highest BCUT2D eigenvalue weighted by atomic mass is 35.5. The Hall–Kier alpha value is -1.64. The van der Waals surface area contributed by atoms with Crippen LogP contribution >= 0.6 is 12.4 Å². The number of sulfonamides is 1. The van der Waals surface area contributed by atoms with Crippen LogP contribution in [0.2, 0.25) is 0 Å². The number of amides is 1. The highest BCUT2D eigenvalue weighted by Gasteiger charge is 2.30. The predicted molar refractivity (Wildman–Crippen MR) is 91.6 cm³/mol. The van der Waals surface area contributed by atoms with Crippen molar-refractivity contribution in [2.24, 2.45) is 4.40 Å². The number of carbonyl (C=O) groups excluding carboxylic acids is 1. The van der Waals surface area contributed by atoms with Crippen LogP contribution in [0.25, 0.3) is 0 Å². The number of fused-ring (bicyclic) bond motifs is 1. The Bertz CT molecular complexity index is 706. The van der Waals surface area contributed by atoms with Crippen molar-refractivity contribution in [3.8, 4) is 0 Å². The molecule has 2 rings (SSSR count). The summed E-state index contributed by atoms with van der Waals surface area (Å²) in [6.07, 6.45) is 0. The van der Waals surface area contributed by atoms with E-state index >= 15 is 0 Å². The third kappa shape index (κ3) is 4.43. The molecule has 1 atom stereocenters. The number of nitrogens with one attached hydrogen (secondary N) is 2. The lowest BCUT2D eigenvalue weighted by Crippen LogP contribution is -2.42. The number of amidine groups is 1. The maximum Gasteiger partial charge on any atom is 0.285 e. The van der Waals surface area contributed by atoms with Crippen LogP contribution < -0.4 is 10.6 Å². The predicted octanol–water partition coefficient (Wildman–Crippen LogP) is 0.213. The number of hydrogen-bond acceptors (Lipinski definition) is 5. The molecule has 2 N–H and O–H groups in total. The molecule has 0 saturated carbocycles. The number of halogens is 1. The van der Waals surface area contributed by atoms with Crippen molar-refractivity contribution < 1.29 is 13.2 Å². The number of hydrogen-bond donors (Lipinski definition) is 2. The topological polar surface area (TPSA) is 90.9 Å². The summed E-state index contributed by atoms with van der Waals surface area (Å²) in [6, 6.07) is 6.78. The van der Waals surface area contributed by atoms with Gasteiger partial charge >= 0.3 is 0 Å². The van der Waals surface area contributed by atoms with E-state index in [0.717, 1.165) is 0 Å². The molecule has 1 aliphatic rings. The maximum atomic E-state index is 12.0. The first-order valence-corrected chi connectivity index (χ1v) is 8.38. The zero-order chi connectivity index (χ0) is 16.3. The Balaban J connectivity index is 0.00000264. The van der Waals surface area contributed by atoms with Crippen LogP contribution in [-0.2, 0) is 14.8 Å². The molecule has 0 bridgehead atoms. The van der Waals surface area contributed by atoms with Crippen molar-refractivity contribution in [1.29, 1.82) is 0 Å². The van der Waals surface area contributed by atoms with Gasteiger partial charge in [-0.15, -0.1) is 16.8 Å². The van der Waals surface area contributed by atoms with Crippen molar-refractivity contribution >= 4 is 34.2 Å². The maximum absolute atomic E-state index is 12.0. The number of benzene rings is 1. The summed E-state index contributed by atoms with van der Waals surface area (Å²) >= 11 is 0. The van der Waals surface area contributed by atoms with Gasteiger partial charge in [0.15, 0.2) is 5.84 Å². The summed E-state index contributed by atoms with van der Waals surface area (Å²) in [5.74, 6) is 0.112. The minimum absolute atomic E-state index is 0. The van der Waals surface area contributed by atoms with E-state index in [-0.39, 0.29) is 35.8 Å². The van der Waals surface area contributed by atoms with Crippen LogP contribution in [0, 0.1) is 0 Å². The van der Waals surface area contributed by atoms with Crippen molar-refractivity contribution in [2.75, 3.05) is 27.2 Å². The fourth-order valence-electron chi connectivity index (χ4n) is 2.08. The van der Waals surface area contributed by atoms with E-state index in [1.165, 1.54) is 6.07 Å². The van der Waals surface area contributed by atoms with Gasteiger partial charge in [-0.1, -0.05) is 12.1 Å². The van der Waals surface area contributed by atoms with E-state index in [1.54, 1.807) is 30.1 Å². The average Bonchev–Trinajstić information content (AvgIpc) is 2.77. The molecule has 0 spiro atoms. The smallest absolute Gasteiger partial charge is 0.285 e. The zero-order valence-corrected chi connectivity index (χ0v) is 14.9. The van der Waals surface area contributed by atoms with E-state index < -0.39 is 10.0 Å². The van der Waals surface area contributed by atoms with Crippen LogP contribution in [-0.4, -0.2) is 58.3 Å². The summed E-state index contributed by atoms with van der Waals surface area (Å²) in [5.41, 5.74) is 0.529. The molecule has 1 aliphatic heterocycles. The third-order valence-corrected chi connectivity index (χ3v) is 4.78. The lowest BCUT2D eigenvalue weighted by atomic mass is 10.2. The first-order chi connectivity index (χ1) is 10.3. The summed E-state index contributed by atoms with van der Waals surface area (Å²) in [7, 11) is -0.193. The molecule has 0 fully saturated rings. The van der Waals surface area contributed by atoms with Crippen LogP contribution in [0.5, 0.6) is 0 Å². The second-order valence-electron chi connectivity index (χ2n) is 5.24. The molecular weight excluding hydrogens is 340 g/mol. The zero-order valence-electron chi connectivity index (χ0n) is 13.2. The molecule has 0 aromatic heterocycles. The van der Waals surface area contributed by atoms with Crippen LogP contribution in [0.4, 0.5) is 0 Å². The van der Waals surface area contributed by atoms with Gasteiger partial charge in [-0.25, -0.2) is 0 Å². The van der Waals surface area contributed by atoms with Crippen LogP contribution in [0.3, 0.4) is 0 Å². The van der Waals surface area contributed by atoms with Crippen molar-refractivity contribution in [3.63, 3.8) is 0 Å². The summed E-state index contributed by atoms with van der Waals surface area (Å²) < 4.78 is 27.7. The fraction of sp³-hybridized carbons (Fsp3) is 0.429. The molecule has 0 aliphatic carbocycles. The number of nitrogens with zero attached hydrogens (tertiary/aromatic N) is 2. The van der Waals surface area contributed by atoms with Crippen molar-refractivity contribution in [2.45, 2.75) is 17.9 Å². The Morgan fingerprint density at radius 2 is 2.00 bits per heavy atom. The number of likely N-dealkylation sites (N-methyl/N-ethyl adjacent to an activating group) is 2. The Labute approximate surface area is 142 Å². The Kier molecular flexibility index (Phi) is 6.55. The summed E-state index contributed by atoms with van der Waals surface area (Å²) in [4.78, 5) is 13.6. The summed E-state index contributed by atoms with van der Waals surface area (Å²) in [6.45, 7) is 2.50. The molecule has 128 valence electrons. The van der Waals surface area contributed by atoms with E-state index in [4.69, 9.17) is 0 Å². The molecule has 0 saturated heterocycles. The van der Waals surface area contributed by atoms with E-state index in [1.807, 2.05) is 14.0 Å². The molecule has 1 amide bonds. The normalized spacial score (nSPS) is 15.9. The molecule has 1 aromatic rings. The fourth-order valence-corrected chi connectivity index (χ4v) is 3.33. The lowest BCUT2D eigenvalue weighted by Gasteiger charge is -2.19. The second-order valence-corrected chi connectivity index (χ2v) is 6.81. The average molecular weight is 361 g/mol. The van der Waals surface area contributed by atoms with Gasteiger partial charge in [0.25, 0.3) is 10.0 Å². The van der Waals surface area contributed by atoms with Gasteiger partial charge in [0, 0.05) is 25.2 Å². The quantitative estimate of drug-likeness (QED) is 0.783. The van der Waals surface area contributed by atoms with Gasteiger partial charge in [-0.2, -0.15) is 8.42 Å². The van der Waals surface area contributed by atoms with E-state index in [9.17, 15) is 13.2 Å². The van der Waals surface area contributed by atoms with Gasteiger partial charge < -0.3 is 15.5 Å². The summed E-state index contributed by atoms with van der Waals surface area (Å²) in [5, 5.41) is 5.81. The highest BCUT2D eigenvalue weighted by molar-refractivity contribution is 7.90. The third-order valence-electron chi connectivity index (χ3n) is 3.45. The number of rotatable bonds is 5. The monoisotopic (exact) mass is 360 g/mol. The molecule has 7 nitrogen and oxygen atoms in total. The van der Waals surface area contributed by atoms with Crippen LogP contribution in [0.15, 0.2) is 33.6 Å². The molecular formula is C14H21ClN4O3S. The van der Waals surface area contributed by atoms with Gasteiger partial charge in [0.05, 0.1) is 6.54 Å². The Morgan fingerprint density at radius 3 is 2.65 bits per heavy atom. The van der Waals surface area contributed by atoms with Gasteiger partial charge in [-0.3, -0.25) is 4.79 Å². The van der Waals surface area contributed by atoms with E-state index in [2.05, 4.69) is 15.0 Å². The second kappa shape index (κ2) is 7.76. The molecule has 9 heteroatoms. The Morgan fingerprint density at radius 1 is 1.35 bits per heavy atom. The highest BCUT2D eigenvalue weighted by Crippen LogP contribution is 2.26. The molecule has 1 aromatic carbocycles. The van der Waals surface area contributed by atoms with Gasteiger partial charge in [0.2, 0.25) is 5.91 Å². The van der Waals surface area contributed by atoms with Gasteiger partial charge in [-0.05, 0) is 26.1 Å².